The van der Waals surface area contributed by atoms with E-state index in [-0.39, 0.29) is 5.91 Å². The van der Waals surface area contributed by atoms with Gasteiger partial charge in [-0.3, -0.25) is 9.78 Å². The van der Waals surface area contributed by atoms with Gasteiger partial charge in [-0.2, -0.15) is 0 Å². The van der Waals surface area contributed by atoms with E-state index in [0.29, 0.717) is 17.9 Å². The summed E-state index contributed by atoms with van der Waals surface area (Å²) in [6, 6.07) is 7.11. The summed E-state index contributed by atoms with van der Waals surface area (Å²) in [6.07, 6.45) is 5.71. The van der Waals surface area contributed by atoms with E-state index in [2.05, 4.69) is 15.3 Å². The van der Waals surface area contributed by atoms with Gasteiger partial charge in [-0.1, -0.05) is 0 Å². The molecule has 1 amide bonds. The lowest BCUT2D eigenvalue weighted by Gasteiger charge is -2.04. The number of nitrogens with zero attached hydrogens (tertiary/aromatic N) is 2. The molecule has 0 bridgehead atoms. The monoisotopic (exact) mass is 242 g/mol. The highest BCUT2D eigenvalue weighted by atomic mass is 16.1. The Kier molecular flexibility index (Phi) is 3.86. The van der Waals surface area contributed by atoms with Crippen molar-refractivity contribution in [3.05, 3.63) is 54.1 Å². The van der Waals surface area contributed by atoms with Gasteiger partial charge in [-0.05, 0) is 36.2 Å². The van der Waals surface area contributed by atoms with E-state index >= 15 is 0 Å². The van der Waals surface area contributed by atoms with Gasteiger partial charge in [0.05, 0.1) is 11.9 Å². The smallest absolute Gasteiger partial charge is 0.269 e. The van der Waals surface area contributed by atoms with Gasteiger partial charge in [0.15, 0.2) is 0 Å². The second kappa shape index (κ2) is 5.77. The Morgan fingerprint density at radius 2 is 2.00 bits per heavy atom. The molecule has 5 heteroatoms. The molecule has 0 unspecified atom stereocenters. The molecule has 92 valence electrons. The van der Waals surface area contributed by atoms with Gasteiger partial charge in [0, 0.05) is 18.9 Å². The number of aromatic nitrogens is 2. The summed E-state index contributed by atoms with van der Waals surface area (Å²) in [5.74, 6) is -0.191. The van der Waals surface area contributed by atoms with Crippen LogP contribution in [0.25, 0.3) is 0 Å². The molecular weight excluding hydrogens is 228 g/mol. The van der Waals surface area contributed by atoms with Crippen LogP contribution in [-0.4, -0.2) is 22.4 Å². The third kappa shape index (κ3) is 3.28. The lowest BCUT2D eigenvalue weighted by molar-refractivity contribution is 0.0949. The van der Waals surface area contributed by atoms with E-state index in [1.54, 1.807) is 24.5 Å². The van der Waals surface area contributed by atoms with Crippen LogP contribution in [0.3, 0.4) is 0 Å². The summed E-state index contributed by atoms with van der Waals surface area (Å²) in [5, 5.41) is 2.80. The maximum Gasteiger partial charge on any atom is 0.269 e. The molecule has 0 aromatic carbocycles. The number of nitrogen functional groups attached to an aromatic ring is 1. The van der Waals surface area contributed by atoms with E-state index in [1.165, 1.54) is 6.20 Å². The maximum atomic E-state index is 11.7. The molecule has 2 aromatic heterocycles. The second-order valence-corrected chi connectivity index (χ2v) is 3.84. The number of hydrogen-bond acceptors (Lipinski definition) is 4. The molecule has 2 aromatic rings. The van der Waals surface area contributed by atoms with Crippen LogP contribution in [0.1, 0.15) is 16.1 Å². The van der Waals surface area contributed by atoms with Crippen LogP contribution in [0.15, 0.2) is 42.9 Å². The fourth-order valence-corrected chi connectivity index (χ4v) is 1.50. The van der Waals surface area contributed by atoms with Gasteiger partial charge in [0.2, 0.25) is 0 Å². The molecular formula is C13H14N4O. The average Bonchev–Trinajstić information content (AvgIpc) is 2.40. The number of carbonyl (C=O) groups is 1. The van der Waals surface area contributed by atoms with Crippen molar-refractivity contribution in [2.75, 3.05) is 12.3 Å². The Morgan fingerprint density at radius 1 is 1.22 bits per heavy atom. The summed E-state index contributed by atoms with van der Waals surface area (Å²) in [6.45, 7) is 0.564. The van der Waals surface area contributed by atoms with Gasteiger partial charge in [0.25, 0.3) is 5.91 Å². The molecule has 0 aliphatic rings. The number of carbonyl (C=O) groups excluding carboxylic acids is 1. The molecule has 18 heavy (non-hydrogen) atoms. The molecule has 0 fully saturated rings. The van der Waals surface area contributed by atoms with Gasteiger partial charge < -0.3 is 11.1 Å². The van der Waals surface area contributed by atoms with Crippen molar-refractivity contribution < 1.29 is 4.79 Å². The van der Waals surface area contributed by atoms with Crippen LogP contribution in [0.2, 0.25) is 0 Å². The van der Waals surface area contributed by atoms with E-state index in [1.807, 2.05) is 12.1 Å². The van der Waals surface area contributed by atoms with Crippen LogP contribution < -0.4 is 11.1 Å². The summed E-state index contributed by atoms with van der Waals surface area (Å²) in [5.41, 5.74) is 7.56. The van der Waals surface area contributed by atoms with Crippen LogP contribution in [0, 0.1) is 0 Å². The number of hydrogen-bond donors (Lipinski definition) is 2. The first-order chi connectivity index (χ1) is 8.75. The minimum absolute atomic E-state index is 0.191. The largest absolute Gasteiger partial charge is 0.397 e. The number of anilines is 1. The molecule has 2 rings (SSSR count). The maximum absolute atomic E-state index is 11.7. The molecule has 0 saturated carbocycles. The zero-order chi connectivity index (χ0) is 12.8. The van der Waals surface area contributed by atoms with Crippen molar-refractivity contribution in [2.45, 2.75) is 6.42 Å². The van der Waals surface area contributed by atoms with Gasteiger partial charge in [-0.25, -0.2) is 4.98 Å². The predicted molar refractivity (Wildman–Crippen MR) is 68.9 cm³/mol. The topological polar surface area (TPSA) is 80.9 Å². The third-order valence-corrected chi connectivity index (χ3v) is 2.47. The van der Waals surface area contributed by atoms with Gasteiger partial charge in [0.1, 0.15) is 5.69 Å². The Balaban J connectivity index is 1.84. The highest BCUT2D eigenvalue weighted by Gasteiger charge is 2.05. The zero-order valence-electron chi connectivity index (χ0n) is 9.84. The Bertz CT molecular complexity index is 510. The summed E-state index contributed by atoms with van der Waals surface area (Å²) < 4.78 is 0. The molecule has 0 aliphatic heterocycles. The van der Waals surface area contributed by atoms with Crippen molar-refractivity contribution in [2.24, 2.45) is 0 Å². The van der Waals surface area contributed by atoms with Crippen LogP contribution in [-0.2, 0) is 6.42 Å². The number of pyridine rings is 2. The van der Waals surface area contributed by atoms with E-state index in [0.717, 1.165) is 12.0 Å². The number of amides is 1. The second-order valence-electron chi connectivity index (χ2n) is 3.84. The summed E-state index contributed by atoms with van der Waals surface area (Å²) in [7, 11) is 0. The summed E-state index contributed by atoms with van der Waals surface area (Å²) in [4.78, 5) is 19.6. The molecule has 0 atom stereocenters. The normalized spacial score (nSPS) is 10.0. The molecule has 0 radical (unpaired) electrons. The first-order valence-corrected chi connectivity index (χ1v) is 5.64. The quantitative estimate of drug-likeness (QED) is 0.839. The van der Waals surface area contributed by atoms with E-state index < -0.39 is 0 Å². The zero-order valence-corrected chi connectivity index (χ0v) is 9.84. The first kappa shape index (κ1) is 12.0. The van der Waals surface area contributed by atoms with Gasteiger partial charge >= 0.3 is 0 Å². The van der Waals surface area contributed by atoms with Crippen LogP contribution in [0.5, 0.6) is 0 Å². The standard InChI is InChI=1S/C13H14N4O/c14-11-1-2-12(17-9-11)13(18)16-8-5-10-3-6-15-7-4-10/h1-4,6-7,9H,5,8,14H2,(H,16,18). The van der Waals surface area contributed by atoms with Crippen LogP contribution >= 0.6 is 0 Å². The van der Waals surface area contributed by atoms with Crippen molar-refractivity contribution in [3.63, 3.8) is 0 Å². The highest BCUT2D eigenvalue weighted by Crippen LogP contribution is 2.01. The first-order valence-electron chi connectivity index (χ1n) is 5.64. The van der Waals surface area contributed by atoms with Gasteiger partial charge in [-0.15, -0.1) is 0 Å². The third-order valence-electron chi connectivity index (χ3n) is 2.47. The fourth-order valence-electron chi connectivity index (χ4n) is 1.50. The molecule has 2 heterocycles. The van der Waals surface area contributed by atoms with Crippen molar-refractivity contribution >= 4 is 11.6 Å². The van der Waals surface area contributed by atoms with E-state index in [9.17, 15) is 4.79 Å². The SMILES string of the molecule is Nc1ccc(C(=O)NCCc2ccncc2)nc1. The lowest BCUT2D eigenvalue weighted by atomic mass is 10.2. The molecule has 0 saturated heterocycles. The molecule has 3 N–H and O–H groups in total. The van der Waals surface area contributed by atoms with Crippen molar-refractivity contribution in [3.8, 4) is 0 Å². The summed E-state index contributed by atoms with van der Waals surface area (Å²) >= 11 is 0. The van der Waals surface area contributed by atoms with E-state index in [4.69, 9.17) is 5.73 Å². The minimum atomic E-state index is -0.191. The van der Waals surface area contributed by atoms with Crippen molar-refractivity contribution in [1.29, 1.82) is 0 Å². The molecule has 0 spiro atoms. The fraction of sp³-hybridized carbons (Fsp3) is 0.154. The predicted octanol–water partition coefficient (Wildman–Crippen LogP) is 1.03. The minimum Gasteiger partial charge on any atom is -0.397 e. The molecule has 5 nitrogen and oxygen atoms in total. The average molecular weight is 242 g/mol. The number of nitrogens with two attached hydrogens (primary N) is 1. The molecule has 0 aliphatic carbocycles. The number of rotatable bonds is 4. The lowest BCUT2D eigenvalue weighted by Crippen LogP contribution is -2.26. The van der Waals surface area contributed by atoms with Crippen LogP contribution in [0.4, 0.5) is 5.69 Å². The Labute approximate surface area is 105 Å². The number of nitrogens with one attached hydrogen (secondary N) is 1. The van der Waals surface area contributed by atoms with Crippen molar-refractivity contribution in [1.82, 2.24) is 15.3 Å². The highest BCUT2D eigenvalue weighted by molar-refractivity contribution is 5.92. The Morgan fingerprint density at radius 3 is 2.67 bits per heavy atom. The Hall–Kier alpha value is -2.43.